The lowest BCUT2D eigenvalue weighted by Crippen LogP contribution is -2.28. The fourth-order valence-electron chi connectivity index (χ4n) is 2.97. The molecule has 2 aromatic rings. The maximum atomic E-state index is 12.3. The first-order chi connectivity index (χ1) is 13.0. The highest BCUT2D eigenvalue weighted by atomic mass is 35.5. The highest BCUT2D eigenvalue weighted by molar-refractivity contribution is 6.33. The van der Waals surface area contributed by atoms with Crippen LogP contribution in [0.15, 0.2) is 48.5 Å². The molecule has 2 amide bonds. The minimum atomic E-state index is -0.592. The number of halogens is 1. The third kappa shape index (κ3) is 4.46. The van der Waals surface area contributed by atoms with Crippen molar-refractivity contribution >= 4 is 40.8 Å². The van der Waals surface area contributed by atoms with E-state index in [4.69, 9.17) is 16.3 Å². The first kappa shape index (κ1) is 18.9. The van der Waals surface area contributed by atoms with Gasteiger partial charge in [0, 0.05) is 18.7 Å². The minimum Gasteiger partial charge on any atom is -0.455 e. The molecule has 27 heavy (non-hydrogen) atoms. The zero-order chi connectivity index (χ0) is 19.4. The fourth-order valence-corrected chi connectivity index (χ4v) is 3.15. The number of para-hydroxylation sites is 2. The van der Waals surface area contributed by atoms with Crippen molar-refractivity contribution < 1.29 is 19.1 Å². The summed E-state index contributed by atoms with van der Waals surface area (Å²) in [7, 11) is 0. The van der Waals surface area contributed by atoms with Gasteiger partial charge in [-0.3, -0.25) is 14.4 Å². The maximum absolute atomic E-state index is 12.3. The normalized spacial score (nSPS) is 16.3. The van der Waals surface area contributed by atoms with Crippen LogP contribution in [0.4, 0.5) is 11.4 Å². The molecule has 1 aliphatic rings. The molecule has 2 aromatic carbocycles. The van der Waals surface area contributed by atoms with E-state index < -0.39 is 24.4 Å². The Balaban J connectivity index is 1.54. The van der Waals surface area contributed by atoms with Gasteiger partial charge in [0.15, 0.2) is 6.61 Å². The van der Waals surface area contributed by atoms with Crippen molar-refractivity contribution in [3.8, 4) is 0 Å². The van der Waals surface area contributed by atoms with Crippen LogP contribution in [0.3, 0.4) is 0 Å². The molecule has 0 saturated carbocycles. The number of aryl methyl sites for hydroxylation is 1. The van der Waals surface area contributed by atoms with Gasteiger partial charge in [-0.15, -0.1) is 0 Å². The van der Waals surface area contributed by atoms with Gasteiger partial charge in [-0.25, -0.2) is 0 Å². The molecule has 6 nitrogen and oxygen atoms in total. The lowest BCUT2D eigenvalue weighted by Gasteiger charge is -2.18. The standard InChI is InChI=1S/C20H19ClN2O4/c1-13-6-2-5-9-17(13)23-11-14(10-19(23)25)20(26)27-12-18(24)22-16-8-4-3-7-15(16)21/h2-9,14H,10-12H2,1H3,(H,22,24)/t14-/m0/s1. The molecule has 7 heteroatoms. The van der Waals surface area contributed by atoms with Crippen LogP contribution in [0.2, 0.25) is 5.02 Å². The number of carbonyl (C=O) groups excluding carboxylic acids is 3. The second-order valence-electron chi connectivity index (χ2n) is 6.33. The summed E-state index contributed by atoms with van der Waals surface area (Å²) < 4.78 is 5.09. The molecule has 1 aliphatic heterocycles. The maximum Gasteiger partial charge on any atom is 0.311 e. The lowest BCUT2D eigenvalue weighted by molar-refractivity contribution is -0.151. The first-order valence-electron chi connectivity index (χ1n) is 8.52. The van der Waals surface area contributed by atoms with Gasteiger partial charge in [0.2, 0.25) is 5.91 Å². The first-order valence-corrected chi connectivity index (χ1v) is 8.90. The zero-order valence-electron chi connectivity index (χ0n) is 14.8. The van der Waals surface area contributed by atoms with Crippen molar-refractivity contribution in [2.45, 2.75) is 13.3 Å². The van der Waals surface area contributed by atoms with E-state index in [1.54, 1.807) is 29.2 Å². The van der Waals surface area contributed by atoms with Gasteiger partial charge in [0.25, 0.3) is 5.91 Å². The summed E-state index contributed by atoms with van der Waals surface area (Å²) in [5, 5.41) is 2.98. The number of benzene rings is 2. The largest absolute Gasteiger partial charge is 0.455 e. The van der Waals surface area contributed by atoms with Gasteiger partial charge in [0.1, 0.15) is 0 Å². The fraction of sp³-hybridized carbons (Fsp3) is 0.250. The van der Waals surface area contributed by atoms with Crippen LogP contribution in [0.1, 0.15) is 12.0 Å². The Hall–Kier alpha value is -2.86. The van der Waals surface area contributed by atoms with Crippen molar-refractivity contribution in [2.24, 2.45) is 5.92 Å². The van der Waals surface area contributed by atoms with Crippen molar-refractivity contribution in [3.05, 3.63) is 59.1 Å². The van der Waals surface area contributed by atoms with E-state index in [9.17, 15) is 14.4 Å². The molecule has 1 atom stereocenters. The average Bonchev–Trinajstić information content (AvgIpc) is 3.04. The van der Waals surface area contributed by atoms with Gasteiger partial charge >= 0.3 is 5.97 Å². The predicted molar refractivity (Wildman–Crippen MR) is 103 cm³/mol. The molecule has 1 heterocycles. The van der Waals surface area contributed by atoms with Crippen LogP contribution in [-0.2, 0) is 19.1 Å². The summed E-state index contributed by atoms with van der Waals surface area (Å²) in [4.78, 5) is 38.1. The Kier molecular flexibility index (Phi) is 5.76. The molecule has 1 N–H and O–H groups in total. The monoisotopic (exact) mass is 386 g/mol. The number of rotatable bonds is 5. The van der Waals surface area contributed by atoms with Crippen LogP contribution < -0.4 is 10.2 Å². The van der Waals surface area contributed by atoms with E-state index in [1.165, 1.54) is 0 Å². The number of carbonyl (C=O) groups is 3. The minimum absolute atomic E-state index is 0.0688. The van der Waals surface area contributed by atoms with E-state index in [0.717, 1.165) is 11.3 Å². The number of ether oxygens (including phenoxy) is 1. The SMILES string of the molecule is Cc1ccccc1N1C[C@@H](C(=O)OCC(=O)Nc2ccccc2Cl)CC1=O. The summed E-state index contributed by atoms with van der Waals surface area (Å²) in [6.07, 6.45) is 0.0688. The van der Waals surface area contributed by atoms with E-state index in [-0.39, 0.29) is 18.9 Å². The van der Waals surface area contributed by atoms with Crippen molar-refractivity contribution in [1.29, 1.82) is 0 Å². The molecule has 1 saturated heterocycles. The molecular formula is C20H19ClN2O4. The highest BCUT2D eigenvalue weighted by Gasteiger charge is 2.36. The summed E-state index contributed by atoms with van der Waals surface area (Å²) in [5.41, 5.74) is 2.19. The molecule has 0 spiro atoms. The van der Waals surface area contributed by atoms with E-state index in [1.807, 2.05) is 31.2 Å². The summed E-state index contributed by atoms with van der Waals surface area (Å²) in [6, 6.07) is 14.3. The van der Waals surface area contributed by atoms with Crippen LogP contribution in [0, 0.1) is 12.8 Å². The predicted octanol–water partition coefficient (Wildman–Crippen LogP) is 3.18. The number of anilines is 2. The van der Waals surface area contributed by atoms with Crippen LogP contribution >= 0.6 is 11.6 Å². The Morgan fingerprint density at radius 2 is 1.89 bits per heavy atom. The van der Waals surface area contributed by atoms with Crippen molar-refractivity contribution in [1.82, 2.24) is 0 Å². The van der Waals surface area contributed by atoms with Gasteiger partial charge in [-0.2, -0.15) is 0 Å². The molecule has 0 unspecified atom stereocenters. The van der Waals surface area contributed by atoms with Crippen LogP contribution in [0.5, 0.6) is 0 Å². The number of hydrogen-bond acceptors (Lipinski definition) is 4. The third-order valence-electron chi connectivity index (χ3n) is 4.36. The Morgan fingerprint density at radius 3 is 2.63 bits per heavy atom. The van der Waals surface area contributed by atoms with Gasteiger partial charge in [-0.1, -0.05) is 41.9 Å². The summed E-state index contributed by atoms with van der Waals surface area (Å²) >= 11 is 5.97. The van der Waals surface area contributed by atoms with Gasteiger partial charge < -0.3 is 15.0 Å². The highest BCUT2D eigenvalue weighted by Crippen LogP contribution is 2.28. The van der Waals surface area contributed by atoms with Gasteiger partial charge in [-0.05, 0) is 30.7 Å². The van der Waals surface area contributed by atoms with Gasteiger partial charge in [0.05, 0.1) is 16.6 Å². The van der Waals surface area contributed by atoms with Crippen LogP contribution in [0.25, 0.3) is 0 Å². The quantitative estimate of drug-likeness (QED) is 0.801. The molecule has 3 rings (SSSR count). The molecule has 0 radical (unpaired) electrons. The molecule has 0 bridgehead atoms. The number of nitrogens with one attached hydrogen (secondary N) is 1. The lowest BCUT2D eigenvalue weighted by atomic mass is 10.1. The van der Waals surface area contributed by atoms with Crippen molar-refractivity contribution in [3.63, 3.8) is 0 Å². The summed E-state index contributed by atoms with van der Waals surface area (Å²) in [6.45, 7) is 1.72. The Labute approximate surface area is 162 Å². The van der Waals surface area contributed by atoms with E-state index in [2.05, 4.69) is 5.32 Å². The number of esters is 1. The third-order valence-corrected chi connectivity index (χ3v) is 4.69. The smallest absolute Gasteiger partial charge is 0.311 e. The second kappa shape index (κ2) is 8.22. The molecule has 1 fully saturated rings. The number of hydrogen-bond donors (Lipinski definition) is 1. The van der Waals surface area contributed by atoms with Crippen molar-refractivity contribution in [2.75, 3.05) is 23.4 Å². The molecule has 0 aliphatic carbocycles. The molecular weight excluding hydrogens is 368 g/mol. The number of nitrogens with zero attached hydrogens (tertiary/aromatic N) is 1. The second-order valence-corrected chi connectivity index (χ2v) is 6.73. The number of amides is 2. The average molecular weight is 387 g/mol. The Morgan fingerprint density at radius 1 is 1.19 bits per heavy atom. The van der Waals surface area contributed by atoms with E-state index >= 15 is 0 Å². The topological polar surface area (TPSA) is 75.7 Å². The van der Waals surface area contributed by atoms with Crippen LogP contribution in [-0.4, -0.2) is 30.9 Å². The zero-order valence-corrected chi connectivity index (χ0v) is 15.5. The molecule has 0 aromatic heterocycles. The molecule has 140 valence electrons. The van der Waals surface area contributed by atoms with E-state index in [0.29, 0.717) is 10.7 Å². The summed E-state index contributed by atoms with van der Waals surface area (Å²) in [5.74, 6) is -1.78. The Bertz CT molecular complexity index is 884.